The number of anilines is 1. The van der Waals surface area contributed by atoms with Gasteiger partial charge in [-0.1, -0.05) is 31.9 Å². The molecule has 3 aromatic carbocycles. The minimum Gasteiger partial charge on any atom is -0.457 e. The van der Waals surface area contributed by atoms with Gasteiger partial charge in [0.1, 0.15) is 23.1 Å². The number of hydrogen-bond donors (Lipinski definition) is 3. The van der Waals surface area contributed by atoms with Crippen molar-refractivity contribution in [2.24, 2.45) is 5.73 Å². The van der Waals surface area contributed by atoms with Crippen LogP contribution in [0, 0.1) is 11.6 Å². The number of urea groups is 1. The first-order valence-electron chi connectivity index (χ1n) is 14.8. The van der Waals surface area contributed by atoms with E-state index in [9.17, 15) is 26.8 Å². The van der Waals surface area contributed by atoms with E-state index >= 15 is 0 Å². The molecule has 10 nitrogen and oxygen atoms in total. The fourth-order valence-electron chi connectivity index (χ4n) is 5.28. The van der Waals surface area contributed by atoms with Crippen LogP contribution in [0.1, 0.15) is 54.9 Å². The van der Waals surface area contributed by atoms with Crippen LogP contribution in [0.25, 0.3) is 0 Å². The number of benzene rings is 3. The highest BCUT2D eigenvalue weighted by Gasteiger charge is 2.29. The Labute approximate surface area is 262 Å². The van der Waals surface area contributed by atoms with E-state index in [1.54, 1.807) is 12.1 Å². The van der Waals surface area contributed by atoms with Crippen LogP contribution in [-0.4, -0.2) is 62.3 Å². The molecular formula is C32H39F2N5O5S. The molecule has 3 aromatic rings. The number of hydrogen-bond acceptors (Lipinski definition) is 6. The number of nitrogens with one attached hydrogen (secondary N) is 2. The molecule has 1 aliphatic heterocycles. The Kier molecular flexibility index (Phi) is 11.1. The van der Waals surface area contributed by atoms with Crippen LogP contribution in [0.5, 0.6) is 11.5 Å². The number of nitrogens with two attached hydrogens (primary N) is 1. The first-order chi connectivity index (χ1) is 21.4. The molecule has 2 atom stereocenters. The van der Waals surface area contributed by atoms with Crippen LogP contribution in [0.3, 0.4) is 0 Å². The third kappa shape index (κ3) is 8.77. The van der Waals surface area contributed by atoms with Crippen molar-refractivity contribution >= 4 is 27.6 Å². The second-order valence-electron chi connectivity index (χ2n) is 11.3. The number of sulfonamides is 1. The summed E-state index contributed by atoms with van der Waals surface area (Å²) < 4.78 is 59.7. The number of unbranched alkanes of at least 4 members (excludes halogenated alkanes) is 1. The molecule has 0 spiro atoms. The van der Waals surface area contributed by atoms with E-state index in [-0.39, 0.29) is 22.7 Å². The zero-order valence-electron chi connectivity index (χ0n) is 25.6. The molecule has 1 saturated heterocycles. The van der Waals surface area contributed by atoms with Crippen molar-refractivity contribution in [3.8, 4) is 11.5 Å². The van der Waals surface area contributed by atoms with Gasteiger partial charge in [0.25, 0.3) is 5.91 Å². The van der Waals surface area contributed by atoms with Crippen molar-refractivity contribution in [3.05, 3.63) is 83.4 Å². The topological polar surface area (TPSA) is 134 Å². The first kappa shape index (κ1) is 33.8. The van der Waals surface area contributed by atoms with Gasteiger partial charge in [0, 0.05) is 45.3 Å². The van der Waals surface area contributed by atoms with Gasteiger partial charge in [-0.25, -0.2) is 26.3 Å². The molecule has 1 aliphatic rings. The van der Waals surface area contributed by atoms with Gasteiger partial charge in [-0.2, -0.15) is 0 Å². The number of halogens is 2. The summed E-state index contributed by atoms with van der Waals surface area (Å²) in [6.07, 6.45) is 4.38. The Bertz CT molecular complexity index is 1600. The molecule has 0 radical (unpaired) electrons. The van der Waals surface area contributed by atoms with Crippen LogP contribution in [0.2, 0.25) is 0 Å². The van der Waals surface area contributed by atoms with Crippen molar-refractivity contribution in [2.75, 3.05) is 26.0 Å². The number of primary amides is 1. The van der Waals surface area contributed by atoms with E-state index in [1.807, 2.05) is 24.3 Å². The first-order valence-corrected chi connectivity index (χ1v) is 16.2. The van der Waals surface area contributed by atoms with Gasteiger partial charge in [-0.05, 0) is 67.3 Å². The largest absolute Gasteiger partial charge is 0.457 e. The molecule has 0 aromatic heterocycles. The summed E-state index contributed by atoms with van der Waals surface area (Å²) in [5, 5.41) is 5.26. The maximum absolute atomic E-state index is 14.2. The van der Waals surface area contributed by atoms with E-state index in [2.05, 4.69) is 22.5 Å². The van der Waals surface area contributed by atoms with Crippen molar-refractivity contribution in [1.29, 1.82) is 0 Å². The number of rotatable bonds is 12. The fraction of sp³-hybridized carbons (Fsp3) is 0.375. The summed E-state index contributed by atoms with van der Waals surface area (Å²) in [4.78, 5) is 26.7. The highest BCUT2D eigenvalue weighted by molar-refractivity contribution is 7.89. The standard InChI is InChI=1S/C32H39F2N5O5S/c1-4-5-6-23-17-22(36-32(41)37-30-18-27(31(35)40)28(33)19-29(30)34)15-16-39(23)20-21-7-9-24(10-8-21)44-25-11-13-26(14-12-25)45(42,43)38(2)3/h7-14,18-19,22-23H,4-6,15-17,20H2,1-3H3,(H2,35,40)(H2,36,37,41). The third-order valence-corrected chi connectivity index (χ3v) is 9.61. The Morgan fingerprint density at radius 1 is 1.02 bits per heavy atom. The molecule has 45 heavy (non-hydrogen) atoms. The normalized spacial score (nSPS) is 17.2. The Morgan fingerprint density at radius 3 is 2.27 bits per heavy atom. The van der Waals surface area contributed by atoms with Gasteiger partial charge in [-0.15, -0.1) is 0 Å². The summed E-state index contributed by atoms with van der Waals surface area (Å²) in [6.45, 7) is 3.57. The number of ether oxygens (including phenoxy) is 1. The average Bonchev–Trinajstić information content (AvgIpc) is 2.99. The quantitative estimate of drug-likeness (QED) is 0.240. The molecule has 3 amide bonds. The second-order valence-corrected chi connectivity index (χ2v) is 13.4. The molecule has 13 heteroatoms. The van der Waals surface area contributed by atoms with Crippen molar-refractivity contribution < 1.29 is 31.5 Å². The van der Waals surface area contributed by atoms with Gasteiger partial charge in [0.15, 0.2) is 0 Å². The summed E-state index contributed by atoms with van der Waals surface area (Å²) in [6, 6.07) is 14.8. The Balaban J connectivity index is 1.34. The number of carbonyl (C=O) groups excluding carboxylic acids is 2. The molecular weight excluding hydrogens is 604 g/mol. The lowest BCUT2D eigenvalue weighted by atomic mass is 9.93. The SMILES string of the molecule is CCCCC1CC(NC(=O)Nc2cc(C(N)=O)c(F)cc2F)CCN1Cc1ccc(Oc2ccc(S(=O)(=O)N(C)C)cc2)cc1. The summed E-state index contributed by atoms with van der Waals surface area (Å²) in [7, 11) is -0.552. The number of nitrogens with zero attached hydrogens (tertiary/aromatic N) is 2. The molecule has 2 unspecified atom stereocenters. The monoisotopic (exact) mass is 643 g/mol. The molecule has 4 N–H and O–H groups in total. The summed E-state index contributed by atoms with van der Waals surface area (Å²) >= 11 is 0. The summed E-state index contributed by atoms with van der Waals surface area (Å²) in [5.41, 5.74) is 5.40. The molecule has 242 valence electrons. The van der Waals surface area contributed by atoms with Gasteiger partial charge in [-0.3, -0.25) is 9.69 Å². The minimum atomic E-state index is -3.52. The minimum absolute atomic E-state index is 0.155. The molecule has 4 rings (SSSR count). The van der Waals surface area contributed by atoms with Crippen molar-refractivity contribution in [1.82, 2.24) is 14.5 Å². The molecule has 0 bridgehead atoms. The zero-order valence-corrected chi connectivity index (χ0v) is 26.4. The highest BCUT2D eigenvalue weighted by atomic mass is 32.2. The second kappa shape index (κ2) is 14.8. The lowest BCUT2D eigenvalue weighted by Crippen LogP contribution is -2.50. The Hall–Kier alpha value is -4.07. The van der Waals surface area contributed by atoms with Gasteiger partial charge < -0.3 is 21.1 Å². The zero-order chi connectivity index (χ0) is 32.7. The lowest BCUT2D eigenvalue weighted by molar-refractivity contribution is 0.0996. The summed E-state index contributed by atoms with van der Waals surface area (Å²) in [5.74, 6) is -2.01. The van der Waals surface area contributed by atoms with Gasteiger partial charge in [0.2, 0.25) is 10.0 Å². The third-order valence-electron chi connectivity index (χ3n) is 7.78. The van der Waals surface area contributed by atoms with E-state index in [4.69, 9.17) is 10.5 Å². The van der Waals surface area contributed by atoms with E-state index in [1.165, 1.54) is 26.2 Å². The predicted molar refractivity (Wildman–Crippen MR) is 168 cm³/mol. The van der Waals surface area contributed by atoms with E-state index in [0.29, 0.717) is 37.0 Å². The van der Waals surface area contributed by atoms with E-state index in [0.717, 1.165) is 41.7 Å². The number of likely N-dealkylation sites (tertiary alicyclic amines) is 1. The molecule has 0 aliphatic carbocycles. The maximum atomic E-state index is 14.2. The molecule has 1 heterocycles. The smallest absolute Gasteiger partial charge is 0.319 e. The van der Waals surface area contributed by atoms with Crippen LogP contribution in [0.4, 0.5) is 19.3 Å². The van der Waals surface area contributed by atoms with Gasteiger partial charge >= 0.3 is 6.03 Å². The van der Waals surface area contributed by atoms with Crippen LogP contribution in [-0.2, 0) is 16.6 Å². The average molecular weight is 644 g/mol. The highest BCUT2D eigenvalue weighted by Crippen LogP contribution is 2.27. The number of carbonyl (C=O) groups is 2. The van der Waals surface area contributed by atoms with Crippen LogP contribution < -0.4 is 21.1 Å². The van der Waals surface area contributed by atoms with Crippen LogP contribution in [0.15, 0.2) is 65.6 Å². The van der Waals surface area contributed by atoms with E-state index < -0.39 is 39.2 Å². The fourth-order valence-corrected chi connectivity index (χ4v) is 6.18. The molecule has 1 fully saturated rings. The Morgan fingerprint density at radius 2 is 1.67 bits per heavy atom. The van der Waals surface area contributed by atoms with Crippen LogP contribution >= 0.6 is 0 Å². The van der Waals surface area contributed by atoms with Crippen molar-refractivity contribution in [3.63, 3.8) is 0 Å². The van der Waals surface area contributed by atoms with Crippen molar-refractivity contribution in [2.45, 2.75) is 62.6 Å². The maximum Gasteiger partial charge on any atom is 0.319 e. The van der Waals surface area contributed by atoms with Gasteiger partial charge in [0.05, 0.1) is 16.1 Å². The number of amides is 3. The predicted octanol–water partition coefficient (Wildman–Crippen LogP) is 5.45. The molecule has 0 saturated carbocycles. The number of piperidine rings is 1. The lowest BCUT2D eigenvalue weighted by Gasteiger charge is -2.40.